The van der Waals surface area contributed by atoms with Crippen LogP contribution in [0.3, 0.4) is 0 Å². The van der Waals surface area contributed by atoms with Gasteiger partial charge >= 0.3 is 12.4 Å². The van der Waals surface area contributed by atoms with Gasteiger partial charge in [-0.05, 0) is 67.2 Å². The van der Waals surface area contributed by atoms with E-state index in [1.807, 2.05) is 0 Å². The second kappa shape index (κ2) is 11.0. The highest BCUT2D eigenvalue weighted by molar-refractivity contribution is 5.72. The molecular weight excluding hydrogens is 454 g/mol. The Morgan fingerprint density at radius 1 is 0.765 bits per heavy atom. The third-order valence-electron chi connectivity index (χ3n) is 6.79. The molecule has 0 aromatic heterocycles. The average Bonchev–Trinajstić information content (AvgIpc) is 2.78. The van der Waals surface area contributed by atoms with Crippen molar-refractivity contribution in [3.8, 4) is 16.9 Å². The fourth-order valence-electron chi connectivity index (χ4n) is 5.08. The van der Waals surface area contributed by atoms with Crippen LogP contribution in [-0.2, 0) is 12.4 Å². The molecular formula is C27H32F6O. The number of rotatable bonds is 8. The Morgan fingerprint density at radius 3 is 1.91 bits per heavy atom. The Labute approximate surface area is 197 Å². The van der Waals surface area contributed by atoms with Crippen molar-refractivity contribution in [2.75, 3.05) is 6.61 Å². The van der Waals surface area contributed by atoms with Crippen molar-refractivity contribution in [3.63, 3.8) is 0 Å². The van der Waals surface area contributed by atoms with Crippen LogP contribution in [0, 0.1) is 5.92 Å². The molecule has 0 aliphatic heterocycles. The maximum absolute atomic E-state index is 13.9. The quantitative estimate of drug-likeness (QED) is 0.267. The van der Waals surface area contributed by atoms with Crippen LogP contribution in [0.4, 0.5) is 26.3 Å². The summed E-state index contributed by atoms with van der Waals surface area (Å²) in [6.07, 6.45) is -1.09. The van der Waals surface area contributed by atoms with E-state index in [0.717, 1.165) is 49.3 Å². The standard InChI is InChI=1S/C27H32F6O/c1-3-5-6-7-18-8-10-19(11-9-18)20-12-14-21(15-13-20)22-16-17-23(34-4-2)25(27(31,32)33)24(22)26(28,29)30/h12-19H,3-11H2,1-2H3. The molecule has 0 radical (unpaired) electrons. The fraction of sp³-hybridized carbons (Fsp3) is 0.556. The molecule has 0 N–H and O–H groups in total. The van der Waals surface area contributed by atoms with Gasteiger partial charge in [-0.15, -0.1) is 0 Å². The Morgan fingerprint density at radius 2 is 1.38 bits per heavy atom. The summed E-state index contributed by atoms with van der Waals surface area (Å²) in [5, 5.41) is 0. The molecule has 0 amide bonds. The molecule has 2 aromatic rings. The van der Waals surface area contributed by atoms with Crippen LogP contribution in [0.25, 0.3) is 11.1 Å². The third-order valence-corrected chi connectivity index (χ3v) is 6.79. The second-order valence-corrected chi connectivity index (χ2v) is 9.13. The van der Waals surface area contributed by atoms with Crippen molar-refractivity contribution in [3.05, 3.63) is 53.1 Å². The summed E-state index contributed by atoms with van der Waals surface area (Å²) >= 11 is 0. The highest BCUT2D eigenvalue weighted by Gasteiger charge is 2.47. The molecule has 188 valence electrons. The lowest BCUT2D eigenvalue weighted by Gasteiger charge is -2.29. The van der Waals surface area contributed by atoms with E-state index in [0.29, 0.717) is 5.92 Å². The minimum atomic E-state index is -5.21. The largest absolute Gasteiger partial charge is 0.493 e. The molecule has 0 saturated heterocycles. The van der Waals surface area contributed by atoms with E-state index in [1.54, 1.807) is 12.1 Å². The molecule has 3 rings (SSSR count). The first kappa shape index (κ1) is 26.4. The molecule has 2 aromatic carbocycles. The van der Waals surface area contributed by atoms with Crippen molar-refractivity contribution in [2.45, 2.75) is 83.5 Å². The lowest BCUT2D eigenvalue weighted by Crippen LogP contribution is -2.19. The van der Waals surface area contributed by atoms with Crippen molar-refractivity contribution >= 4 is 0 Å². The Hall–Kier alpha value is -2.18. The number of unbranched alkanes of at least 4 members (excludes halogenated alkanes) is 2. The monoisotopic (exact) mass is 486 g/mol. The van der Waals surface area contributed by atoms with Crippen LogP contribution in [0.1, 0.15) is 87.8 Å². The van der Waals surface area contributed by atoms with Gasteiger partial charge in [0.25, 0.3) is 0 Å². The van der Waals surface area contributed by atoms with Gasteiger partial charge in [-0.1, -0.05) is 62.9 Å². The summed E-state index contributed by atoms with van der Waals surface area (Å²) in [4.78, 5) is 0. The molecule has 1 saturated carbocycles. The summed E-state index contributed by atoms with van der Waals surface area (Å²) in [6.45, 7) is 3.45. The summed E-state index contributed by atoms with van der Waals surface area (Å²) < 4.78 is 87.8. The van der Waals surface area contributed by atoms with Gasteiger partial charge in [0.1, 0.15) is 11.3 Å². The van der Waals surface area contributed by atoms with Crippen LogP contribution < -0.4 is 4.74 Å². The Kier molecular flexibility index (Phi) is 8.58. The number of benzene rings is 2. The van der Waals surface area contributed by atoms with Gasteiger partial charge in [0, 0.05) is 0 Å². The van der Waals surface area contributed by atoms with E-state index < -0.39 is 34.8 Å². The minimum absolute atomic E-state index is 0.109. The SMILES string of the molecule is CCCCCC1CCC(c2ccc(-c3ccc(OCC)c(C(F)(F)F)c3C(F)(F)F)cc2)CC1. The molecule has 1 aliphatic rings. The van der Waals surface area contributed by atoms with Crippen molar-refractivity contribution < 1.29 is 31.1 Å². The molecule has 1 fully saturated rings. The lowest BCUT2D eigenvalue weighted by molar-refractivity contribution is -0.162. The zero-order valence-electron chi connectivity index (χ0n) is 19.7. The van der Waals surface area contributed by atoms with Crippen LogP contribution in [0.2, 0.25) is 0 Å². The maximum atomic E-state index is 13.9. The highest BCUT2D eigenvalue weighted by atomic mass is 19.4. The first-order valence-corrected chi connectivity index (χ1v) is 12.1. The van der Waals surface area contributed by atoms with E-state index in [4.69, 9.17) is 4.74 Å². The van der Waals surface area contributed by atoms with E-state index in [2.05, 4.69) is 6.92 Å². The normalized spacial score (nSPS) is 19.3. The summed E-state index contributed by atoms with van der Waals surface area (Å²) in [5.41, 5.74) is -2.82. The smallest absolute Gasteiger partial charge is 0.420 e. The van der Waals surface area contributed by atoms with Gasteiger partial charge in [-0.2, -0.15) is 26.3 Å². The molecule has 0 unspecified atom stereocenters. The van der Waals surface area contributed by atoms with E-state index in [9.17, 15) is 26.3 Å². The number of hydrogen-bond donors (Lipinski definition) is 0. The van der Waals surface area contributed by atoms with E-state index >= 15 is 0 Å². The van der Waals surface area contributed by atoms with Crippen LogP contribution in [0.5, 0.6) is 5.75 Å². The van der Waals surface area contributed by atoms with Crippen LogP contribution >= 0.6 is 0 Å². The number of hydrogen-bond acceptors (Lipinski definition) is 1. The van der Waals surface area contributed by atoms with Crippen molar-refractivity contribution in [2.24, 2.45) is 5.92 Å². The second-order valence-electron chi connectivity index (χ2n) is 9.13. The minimum Gasteiger partial charge on any atom is -0.493 e. The third kappa shape index (κ3) is 6.28. The fourth-order valence-corrected chi connectivity index (χ4v) is 5.08. The molecule has 0 heterocycles. The molecule has 0 spiro atoms. The van der Waals surface area contributed by atoms with Crippen LogP contribution in [-0.4, -0.2) is 6.61 Å². The predicted molar refractivity (Wildman–Crippen MR) is 122 cm³/mol. The topological polar surface area (TPSA) is 9.23 Å². The molecule has 1 nitrogen and oxygen atoms in total. The first-order chi connectivity index (χ1) is 16.1. The number of alkyl halides is 6. The first-order valence-electron chi connectivity index (χ1n) is 12.1. The number of ether oxygens (including phenoxy) is 1. The van der Waals surface area contributed by atoms with Gasteiger partial charge in [-0.25, -0.2) is 0 Å². The van der Waals surface area contributed by atoms with Gasteiger partial charge in [-0.3, -0.25) is 0 Å². The molecule has 0 atom stereocenters. The molecule has 0 bridgehead atoms. The van der Waals surface area contributed by atoms with Crippen molar-refractivity contribution in [1.82, 2.24) is 0 Å². The average molecular weight is 487 g/mol. The Bertz CT molecular complexity index is 922. The lowest BCUT2D eigenvalue weighted by atomic mass is 9.77. The molecule has 34 heavy (non-hydrogen) atoms. The molecule has 1 aliphatic carbocycles. The summed E-state index contributed by atoms with van der Waals surface area (Å²) in [7, 11) is 0. The zero-order valence-corrected chi connectivity index (χ0v) is 19.7. The molecule has 7 heteroatoms. The van der Waals surface area contributed by atoms with E-state index in [1.165, 1.54) is 44.7 Å². The van der Waals surface area contributed by atoms with Gasteiger partial charge in [0.2, 0.25) is 0 Å². The number of halogens is 6. The summed E-state index contributed by atoms with van der Waals surface area (Å²) in [5.74, 6) is 0.268. The van der Waals surface area contributed by atoms with Crippen LogP contribution in [0.15, 0.2) is 36.4 Å². The van der Waals surface area contributed by atoms with E-state index in [-0.39, 0.29) is 12.2 Å². The van der Waals surface area contributed by atoms with Gasteiger partial charge in [0.05, 0.1) is 12.2 Å². The zero-order chi connectivity index (χ0) is 24.9. The Balaban J connectivity index is 1.87. The maximum Gasteiger partial charge on any atom is 0.420 e. The summed E-state index contributed by atoms with van der Waals surface area (Å²) in [6, 6.07) is 8.59. The van der Waals surface area contributed by atoms with Crippen molar-refractivity contribution in [1.29, 1.82) is 0 Å². The van der Waals surface area contributed by atoms with Gasteiger partial charge < -0.3 is 4.74 Å². The highest BCUT2D eigenvalue weighted by Crippen LogP contribution is 2.49. The predicted octanol–water partition coefficient (Wildman–Crippen LogP) is 9.64. The van der Waals surface area contributed by atoms with Gasteiger partial charge in [0.15, 0.2) is 0 Å².